The first-order valence-corrected chi connectivity index (χ1v) is 20.5. The van der Waals surface area contributed by atoms with Gasteiger partial charge in [0.05, 0.1) is 20.0 Å². The van der Waals surface area contributed by atoms with E-state index < -0.39 is 0 Å². The van der Waals surface area contributed by atoms with E-state index in [2.05, 4.69) is 48.2 Å². The predicted octanol–water partition coefficient (Wildman–Crippen LogP) is 13.4. The Morgan fingerprint density at radius 3 is 1.02 bits per heavy atom. The maximum Gasteiger partial charge on any atom is 0.0828 e. The molecule has 0 amide bonds. The first kappa shape index (κ1) is 42.9. The molecule has 266 valence electrons. The molecule has 1 aliphatic rings. The Morgan fingerprint density at radius 1 is 0.400 bits per heavy atom. The van der Waals surface area contributed by atoms with Crippen LogP contribution >= 0.6 is 23.6 Å². The third kappa shape index (κ3) is 28.6. The Balaban J connectivity index is 2.09. The minimum atomic E-state index is 0.607. The van der Waals surface area contributed by atoms with Crippen molar-refractivity contribution in [2.45, 2.75) is 194 Å². The van der Waals surface area contributed by atoms with Crippen LogP contribution in [0, 0.1) is 0 Å². The number of rotatable bonds is 33. The average molecular weight is 672 g/mol. The van der Waals surface area contributed by atoms with E-state index in [4.69, 9.17) is 23.6 Å². The molecule has 0 unspecified atom stereocenters. The van der Waals surface area contributed by atoms with Crippen LogP contribution in [0.4, 0.5) is 0 Å². The molecule has 0 aromatic rings. The maximum absolute atomic E-state index is 6.39. The molecule has 1 fully saturated rings. The topological polar surface area (TPSA) is 13.0 Å². The fraction of sp³-hybridized carbons (Fsp3) is 0.897. The van der Waals surface area contributed by atoms with Gasteiger partial charge in [0.15, 0.2) is 0 Å². The number of nitrogens with zero attached hydrogens (tertiary/aromatic N) is 4. The molecule has 1 heterocycles. The first-order chi connectivity index (χ1) is 22.2. The molecule has 0 aliphatic carbocycles. The zero-order valence-electron chi connectivity index (χ0n) is 30.2. The number of halogens is 2. The highest BCUT2D eigenvalue weighted by atomic mass is 35.5. The number of hydrazine groups is 1. The van der Waals surface area contributed by atoms with Gasteiger partial charge in [0, 0.05) is 13.1 Å². The minimum absolute atomic E-state index is 0.607. The van der Waals surface area contributed by atoms with Crippen LogP contribution in [0.15, 0.2) is 24.3 Å². The lowest BCUT2D eigenvalue weighted by atomic mass is 10.1. The van der Waals surface area contributed by atoms with Crippen LogP contribution in [0.3, 0.4) is 0 Å². The largest absolute Gasteiger partial charge is 0.239 e. The molecule has 0 atom stereocenters. The summed E-state index contributed by atoms with van der Waals surface area (Å²) in [5, 5.41) is 4.88. The first-order valence-electron chi connectivity index (χ1n) is 19.8. The zero-order valence-corrected chi connectivity index (χ0v) is 31.7. The number of unbranched alkanes of at least 4 members (excludes halogenated alkanes) is 24. The van der Waals surface area contributed by atoms with Crippen molar-refractivity contribution >= 4 is 23.6 Å². The molecule has 45 heavy (non-hydrogen) atoms. The van der Waals surface area contributed by atoms with Gasteiger partial charge in [-0.1, -0.05) is 154 Å². The standard InChI is InChI=1S/C39H76Cl2N4/c1-3-5-7-9-11-13-15-17-19-21-23-25-27-29-31-33-35-44(45-38-42(40)37-43(41)39-45)36-34-32-30-28-26-24-22-20-18-16-14-12-10-8-6-4-2/h17-20H,3-16,21-39H2,1-2H3/b19-17-,20-18-. The SMILES string of the molecule is CCCCCCCC/C=C\CCCCCCCCN(CCCCCCCC/C=C\CCCCCCCC)N1CN(Cl)CN(Cl)C1. The van der Waals surface area contributed by atoms with Gasteiger partial charge in [-0.05, 0) is 87.8 Å². The van der Waals surface area contributed by atoms with E-state index in [-0.39, 0.29) is 0 Å². The number of allylic oxidation sites excluding steroid dienone is 4. The van der Waals surface area contributed by atoms with Crippen LogP contribution in [0.1, 0.15) is 194 Å². The summed E-state index contributed by atoms with van der Waals surface area (Å²) in [6.07, 6.45) is 47.6. The van der Waals surface area contributed by atoms with E-state index in [1.165, 1.54) is 180 Å². The van der Waals surface area contributed by atoms with Crippen LogP contribution < -0.4 is 0 Å². The van der Waals surface area contributed by atoms with Gasteiger partial charge in [0.25, 0.3) is 0 Å². The van der Waals surface area contributed by atoms with E-state index in [1.807, 2.05) is 0 Å². The monoisotopic (exact) mass is 671 g/mol. The van der Waals surface area contributed by atoms with Gasteiger partial charge in [-0.3, -0.25) is 0 Å². The third-order valence-corrected chi connectivity index (χ3v) is 9.62. The van der Waals surface area contributed by atoms with Gasteiger partial charge in [0.2, 0.25) is 0 Å². The van der Waals surface area contributed by atoms with Gasteiger partial charge in [0.1, 0.15) is 0 Å². The smallest absolute Gasteiger partial charge is 0.0828 e. The maximum atomic E-state index is 6.39. The third-order valence-electron chi connectivity index (χ3n) is 9.20. The van der Waals surface area contributed by atoms with E-state index in [0.717, 1.165) is 26.4 Å². The summed E-state index contributed by atoms with van der Waals surface area (Å²) in [6.45, 7) is 8.92. The summed E-state index contributed by atoms with van der Waals surface area (Å²) >= 11 is 12.8. The summed E-state index contributed by atoms with van der Waals surface area (Å²) in [5.41, 5.74) is 0. The molecule has 0 N–H and O–H groups in total. The van der Waals surface area contributed by atoms with Crippen molar-refractivity contribution in [3.05, 3.63) is 24.3 Å². The molecule has 1 rings (SSSR count). The molecule has 0 bridgehead atoms. The summed E-state index contributed by atoms with van der Waals surface area (Å²) in [4.78, 5) is 0. The average Bonchev–Trinajstić information content (AvgIpc) is 3.02. The molecular weight excluding hydrogens is 595 g/mol. The second-order valence-corrected chi connectivity index (χ2v) is 14.6. The van der Waals surface area contributed by atoms with Crippen molar-refractivity contribution in [2.75, 3.05) is 33.1 Å². The second kappa shape index (κ2) is 33.8. The van der Waals surface area contributed by atoms with Crippen molar-refractivity contribution in [3.63, 3.8) is 0 Å². The summed E-state index contributed by atoms with van der Waals surface area (Å²) in [5.74, 6) is 0. The second-order valence-electron chi connectivity index (χ2n) is 13.7. The molecule has 0 saturated carbocycles. The van der Waals surface area contributed by atoms with Crippen molar-refractivity contribution in [1.29, 1.82) is 0 Å². The molecular formula is C39H76Cl2N4. The number of hydrogen-bond donors (Lipinski definition) is 0. The summed E-state index contributed by atoms with van der Waals surface area (Å²) in [7, 11) is 0. The lowest BCUT2D eigenvalue weighted by molar-refractivity contribution is -0.102. The van der Waals surface area contributed by atoms with E-state index in [1.54, 1.807) is 8.84 Å². The van der Waals surface area contributed by atoms with Gasteiger partial charge in [-0.15, -0.1) is 0 Å². The van der Waals surface area contributed by atoms with Gasteiger partial charge in [-0.25, -0.2) is 10.0 Å². The van der Waals surface area contributed by atoms with E-state index >= 15 is 0 Å². The molecule has 0 radical (unpaired) electrons. The quantitative estimate of drug-likeness (QED) is 0.0391. The summed E-state index contributed by atoms with van der Waals surface area (Å²) < 4.78 is 3.57. The van der Waals surface area contributed by atoms with Crippen molar-refractivity contribution in [3.8, 4) is 0 Å². The fourth-order valence-electron chi connectivity index (χ4n) is 6.31. The highest BCUT2D eigenvalue weighted by Gasteiger charge is 2.25. The van der Waals surface area contributed by atoms with Gasteiger partial charge < -0.3 is 0 Å². The van der Waals surface area contributed by atoms with Gasteiger partial charge in [-0.2, -0.15) is 8.84 Å². The van der Waals surface area contributed by atoms with Crippen molar-refractivity contribution < 1.29 is 0 Å². The van der Waals surface area contributed by atoms with Crippen LogP contribution in [-0.2, 0) is 0 Å². The Kier molecular flexibility index (Phi) is 32.2. The molecule has 4 nitrogen and oxygen atoms in total. The van der Waals surface area contributed by atoms with E-state index in [0.29, 0.717) is 6.67 Å². The highest BCUT2D eigenvalue weighted by Crippen LogP contribution is 2.17. The highest BCUT2D eigenvalue weighted by molar-refractivity contribution is 6.15. The molecule has 1 saturated heterocycles. The lowest BCUT2D eigenvalue weighted by Crippen LogP contribution is -2.56. The predicted molar refractivity (Wildman–Crippen MR) is 202 cm³/mol. The number of hydrogen-bond acceptors (Lipinski definition) is 4. The molecule has 0 spiro atoms. The Labute approximate surface area is 292 Å². The molecule has 6 heteroatoms. The Hall–Kier alpha value is -0.100. The van der Waals surface area contributed by atoms with Crippen LogP contribution in [0.25, 0.3) is 0 Å². The summed E-state index contributed by atoms with van der Waals surface area (Å²) in [6, 6.07) is 0. The molecule has 0 aromatic carbocycles. The van der Waals surface area contributed by atoms with Crippen LogP contribution in [-0.4, -0.2) is 52.0 Å². The van der Waals surface area contributed by atoms with Crippen molar-refractivity contribution in [1.82, 2.24) is 18.9 Å². The molecule has 1 aliphatic heterocycles. The minimum Gasteiger partial charge on any atom is -0.239 e. The Bertz CT molecular complexity index is 607. The zero-order chi connectivity index (χ0) is 32.5. The van der Waals surface area contributed by atoms with E-state index in [9.17, 15) is 0 Å². The van der Waals surface area contributed by atoms with Crippen LogP contribution in [0.2, 0.25) is 0 Å². The van der Waals surface area contributed by atoms with Gasteiger partial charge >= 0.3 is 0 Å². The van der Waals surface area contributed by atoms with Crippen LogP contribution in [0.5, 0.6) is 0 Å². The Morgan fingerprint density at radius 2 is 0.689 bits per heavy atom. The normalized spacial score (nSPS) is 15.5. The molecule has 0 aromatic heterocycles. The lowest BCUT2D eigenvalue weighted by Gasteiger charge is -2.42. The fourth-order valence-corrected chi connectivity index (χ4v) is 6.87. The van der Waals surface area contributed by atoms with Crippen molar-refractivity contribution in [2.24, 2.45) is 0 Å².